The number of hydrogen-bond acceptors (Lipinski definition) is 1. The lowest BCUT2D eigenvalue weighted by Crippen LogP contribution is -1.66. The minimum Gasteiger partial charge on any atom is -0.145 e. The quantitative estimate of drug-likeness (QED) is 0.577. The van der Waals surface area contributed by atoms with Crippen molar-refractivity contribution in [3.8, 4) is 0 Å². The van der Waals surface area contributed by atoms with Gasteiger partial charge in [-0.15, -0.1) is 4.55 Å². The maximum atomic E-state index is 10.1. The lowest BCUT2D eigenvalue weighted by molar-refractivity contribution is 0.531. The van der Waals surface area contributed by atoms with E-state index >= 15 is 0 Å². The van der Waals surface area contributed by atoms with E-state index in [2.05, 4.69) is 0 Å². The molecule has 1 aromatic rings. The molecule has 0 N–H and O–H groups in total. The van der Waals surface area contributed by atoms with Crippen molar-refractivity contribution in [3.05, 3.63) is 29.3 Å². The number of hydrogen-bond donors (Lipinski definition) is 0. The molecule has 0 unspecified atom stereocenters. The molecule has 0 atom stereocenters. The molecule has 0 aliphatic heterocycles. The fourth-order valence-corrected chi connectivity index (χ4v) is 1.08. The van der Waals surface area contributed by atoms with Crippen LogP contribution in [0, 0.1) is 0 Å². The summed E-state index contributed by atoms with van der Waals surface area (Å²) in [5.41, 5.74) is 0. The molecule has 0 aromatic heterocycles. The van der Waals surface area contributed by atoms with Gasteiger partial charge in [-0.1, -0.05) is 17.7 Å². The largest absolute Gasteiger partial charge is 0.145 e. The standard InChI is InChI=1S/C6H4ClOS/c7-5-2-1-3-6(4-5)9-8/h1-4H. The second kappa shape index (κ2) is 3.11. The highest BCUT2D eigenvalue weighted by molar-refractivity contribution is 7.93. The van der Waals surface area contributed by atoms with E-state index in [4.69, 9.17) is 11.6 Å². The maximum absolute atomic E-state index is 10.1. The van der Waals surface area contributed by atoms with Crippen LogP contribution in [0.2, 0.25) is 5.02 Å². The first-order valence-corrected chi connectivity index (χ1v) is 3.50. The molecule has 3 heteroatoms. The van der Waals surface area contributed by atoms with Gasteiger partial charge in [0.1, 0.15) is 0 Å². The molecular weight excluding hydrogens is 156 g/mol. The van der Waals surface area contributed by atoms with E-state index < -0.39 is 0 Å². The van der Waals surface area contributed by atoms with Gasteiger partial charge in [-0.05, 0) is 18.2 Å². The molecule has 0 bridgehead atoms. The second-order valence-electron chi connectivity index (χ2n) is 1.54. The van der Waals surface area contributed by atoms with Gasteiger partial charge in [0, 0.05) is 9.92 Å². The Kier molecular flexibility index (Phi) is 2.39. The Balaban J connectivity index is 2.94. The summed E-state index contributed by atoms with van der Waals surface area (Å²) in [4.78, 5) is 0.655. The molecule has 1 radical (unpaired) electrons. The van der Waals surface area contributed by atoms with Crippen LogP contribution in [-0.2, 0) is 4.55 Å². The summed E-state index contributed by atoms with van der Waals surface area (Å²) in [5.74, 6) is 0. The van der Waals surface area contributed by atoms with E-state index in [1.807, 2.05) is 0 Å². The topological polar surface area (TPSA) is 19.9 Å². The third kappa shape index (κ3) is 1.90. The molecule has 47 valence electrons. The summed E-state index contributed by atoms with van der Waals surface area (Å²) in [6.07, 6.45) is 0. The number of benzene rings is 1. The number of rotatable bonds is 1. The molecule has 0 saturated carbocycles. The maximum Gasteiger partial charge on any atom is 0.0695 e. The van der Waals surface area contributed by atoms with E-state index in [1.54, 1.807) is 24.3 Å². The molecule has 9 heavy (non-hydrogen) atoms. The zero-order chi connectivity index (χ0) is 6.69. The fourth-order valence-electron chi connectivity index (χ4n) is 0.519. The molecule has 1 nitrogen and oxygen atoms in total. The SMILES string of the molecule is [O]Sc1cccc(Cl)c1. The summed E-state index contributed by atoms with van der Waals surface area (Å²) in [5, 5.41) is 0.607. The van der Waals surface area contributed by atoms with Gasteiger partial charge in [-0.3, -0.25) is 0 Å². The predicted molar refractivity (Wildman–Crippen MR) is 38.0 cm³/mol. The smallest absolute Gasteiger partial charge is 0.0695 e. The Morgan fingerprint density at radius 2 is 2.22 bits per heavy atom. The van der Waals surface area contributed by atoms with Crippen LogP contribution >= 0.6 is 23.6 Å². The zero-order valence-corrected chi connectivity index (χ0v) is 6.08. The molecular formula is C6H4ClOS. The van der Waals surface area contributed by atoms with Gasteiger partial charge >= 0.3 is 0 Å². The first-order valence-electron chi connectivity index (χ1n) is 2.38. The van der Waals surface area contributed by atoms with Crippen molar-refractivity contribution < 1.29 is 4.55 Å². The van der Waals surface area contributed by atoms with Crippen molar-refractivity contribution in [1.29, 1.82) is 0 Å². The van der Waals surface area contributed by atoms with Gasteiger partial charge in [0.25, 0.3) is 0 Å². The van der Waals surface area contributed by atoms with Crippen molar-refractivity contribution in [2.75, 3.05) is 0 Å². The molecule has 1 aromatic carbocycles. The lowest BCUT2D eigenvalue weighted by atomic mass is 10.4. The van der Waals surface area contributed by atoms with Crippen LogP contribution in [0.5, 0.6) is 0 Å². The Hall–Kier alpha value is -0.180. The van der Waals surface area contributed by atoms with Gasteiger partial charge in [0.05, 0.1) is 12.0 Å². The molecule has 0 saturated heterocycles. The predicted octanol–water partition coefficient (Wildman–Crippen LogP) is 2.78. The van der Waals surface area contributed by atoms with Gasteiger partial charge in [-0.2, -0.15) is 0 Å². The fraction of sp³-hybridized carbons (Fsp3) is 0. The van der Waals surface area contributed by atoms with Gasteiger partial charge in [-0.25, -0.2) is 0 Å². The highest BCUT2D eigenvalue weighted by Gasteiger charge is 1.91. The zero-order valence-electron chi connectivity index (χ0n) is 4.50. The van der Waals surface area contributed by atoms with Crippen LogP contribution in [0.15, 0.2) is 29.2 Å². The molecule has 0 fully saturated rings. The van der Waals surface area contributed by atoms with Crippen LogP contribution < -0.4 is 0 Å². The third-order valence-corrected chi connectivity index (χ3v) is 1.57. The van der Waals surface area contributed by atoms with Crippen LogP contribution in [-0.4, -0.2) is 0 Å². The molecule has 1 rings (SSSR count). The Labute approximate surface area is 62.9 Å². The van der Waals surface area contributed by atoms with Crippen LogP contribution in [0.1, 0.15) is 0 Å². The summed E-state index contributed by atoms with van der Waals surface area (Å²) < 4.78 is 10.1. The number of halogens is 1. The van der Waals surface area contributed by atoms with E-state index in [1.165, 1.54) is 0 Å². The van der Waals surface area contributed by atoms with Crippen LogP contribution in [0.25, 0.3) is 0 Å². The second-order valence-corrected chi connectivity index (χ2v) is 2.62. The van der Waals surface area contributed by atoms with Crippen molar-refractivity contribution in [2.45, 2.75) is 4.90 Å². The van der Waals surface area contributed by atoms with Crippen molar-refractivity contribution in [3.63, 3.8) is 0 Å². The monoisotopic (exact) mass is 159 g/mol. The average Bonchev–Trinajstić information content (AvgIpc) is 1.88. The highest BCUT2D eigenvalue weighted by atomic mass is 35.5. The Morgan fingerprint density at radius 3 is 2.67 bits per heavy atom. The van der Waals surface area contributed by atoms with Crippen LogP contribution in [0.3, 0.4) is 0 Å². The van der Waals surface area contributed by atoms with E-state index in [9.17, 15) is 4.55 Å². The molecule has 0 aliphatic rings. The van der Waals surface area contributed by atoms with E-state index in [0.717, 1.165) is 0 Å². The summed E-state index contributed by atoms with van der Waals surface area (Å²) in [6.45, 7) is 0. The van der Waals surface area contributed by atoms with Gasteiger partial charge in [0.2, 0.25) is 0 Å². The van der Waals surface area contributed by atoms with Crippen molar-refractivity contribution in [2.24, 2.45) is 0 Å². The van der Waals surface area contributed by atoms with Gasteiger partial charge < -0.3 is 0 Å². The summed E-state index contributed by atoms with van der Waals surface area (Å²) >= 11 is 6.02. The van der Waals surface area contributed by atoms with Crippen LogP contribution in [0.4, 0.5) is 0 Å². The molecule has 0 spiro atoms. The van der Waals surface area contributed by atoms with Gasteiger partial charge in [0.15, 0.2) is 0 Å². The minimum absolute atomic E-state index is 0.449. The van der Waals surface area contributed by atoms with E-state index in [0.29, 0.717) is 22.0 Å². The minimum atomic E-state index is 0.449. The lowest BCUT2D eigenvalue weighted by Gasteiger charge is -1.90. The first-order chi connectivity index (χ1) is 4.33. The third-order valence-electron chi connectivity index (χ3n) is 0.892. The summed E-state index contributed by atoms with van der Waals surface area (Å²) in [7, 11) is 0. The van der Waals surface area contributed by atoms with Crippen molar-refractivity contribution in [1.82, 2.24) is 0 Å². The average molecular weight is 160 g/mol. The van der Waals surface area contributed by atoms with E-state index in [-0.39, 0.29) is 0 Å². The first kappa shape index (κ1) is 6.93. The Morgan fingerprint density at radius 1 is 1.44 bits per heavy atom. The Bertz CT molecular complexity index is 202. The molecule has 0 aliphatic carbocycles. The molecule has 0 heterocycles. The normalized spacial score (nSPS) is 9.56. The van der Waals surface area contributed by atoms with Crippen molar-refractivity contribution >= 4 is 23.6 Å². The molecule has 0 amide bonds. The highest BCUT2D eigenvalue weighted by Crippen LogP contribution is 2.18. The summed E-state index contributed by atoms with van der Waals surface area (Å²) in [6, 6.07) is 6.85.